The molecule has 0 unspecified atom stereocenters. The van der Waals surface area contributed by atoms with E-state index >= 15 is 0 Å². The molecule has 134 valence electrons. The zero-order chi connectivity index (χ0) is 18.1. The Balaban J connectivity index is 2.09. The Hall–Kier alpha value is -2.63. The van der Waals surface area contributed by atoms with Crippen molar-refractivity contribution in [3.05, 3.63) is 47.8 Å². The molecule has 25 heavy (non-hydrogen) atoms. The minimum atomic E-state index is -0.0496. The highest BCUT2D eigenvalue weighted by Gasteiger charge is 2.16. The Labute approximate surface area is 149 Å². The zero-order valence-electron chi connectivity index (χ0n) is 15.2. The van der Waals surface area contributed by atoms with Gasteiger partial charge in [-0.3, -0.25) is 4.79 Å². The van der Waals surface area contributed by atoms with Crippen molar-refractivity contribution in [1.82, 2.24) is 14.9 Å². The Kier molecular flexibility index (Phi) is 7.19. The molecule has 0 fully saturated rings. The van der Waals surface area contributed by atoms with Crippen LogP contribution in [0, 0.1) is 0 Å². The van der Waals surface area contributed by atoms with E-state index < -0.39 is 0 Å². The third-order valence-electron chi connectivity index (χ3n) is 3.78. The van der Waals surface area contributed by atoms with E-state index in [0.29, 0.717) is 18.2 Å². The topological polar surface area (TPSA) is 67.4 Å². The van der Waals surface area contributed by atoms with Gasteiger partial charge in [-0.15, -0.1) is 0 Å². The fourth-order valence-corrected chi connectivity index (χ4v) is 2.60. The number of nitrogens with zero attached hydrogens (tertiary/aromatic N) is 3. The highest BCUT2D eigenvalue weighted by atomic mass is 16.5. The molecule has 1 aromatic heterocycles. The molecule has 0 atom stereocenters. The molecule has 0 aliphatic rings. The average Bonchev–Trinajstić information content (AvgIpc) is 2.66. The van der Waals surface area contributed by atoms with E-state index in [1.807, 2.05) is 29.2 Å². The Morgan fingerprint density at radius 3 is 2.56 bits per heavy atom. The van der Waals surface area contributed by atoms with Crippen LogP contribution in [0.25, 0.3) is 0 Å². The van der Waals surface area contributed by atoms with Crippen molar-refractivity contribution in [2.45, 2.75) is 33.2 Å². The van der Waals surface area contributed by atoms with E-state index in [1.165, 1.54) is 0 Å². The number of methoxy groups -OCH3 is 1. The number of hydrogen-bond donors (Lipinski definition) is 1. The summed E-state index contributed by atoms with van der Waals surface area (Å²) in [5.74, 6) is 1.19. The summed E-state index contributed by atoms with van der Waals surface area (Å²) in [7, 11) is 1.64. The number of nitrogens with one attached hydrogen (secondary N) is 1. The second-order valence-electron chi connectivity index (χ2n) is 5.72. The Morgan fingerprint density at radius 2 is 1.88 bits per heavy atom. The molecule has 0 radical (unpaired) electrons. The smallest absolute Gasteiger partial charge is 0.272 e. The van der Waals surface area contributed by atoms with Gasteiger partial charge >= 0.3 is 0 Å². The third kappa shape index (κ3) is 5.17. The molecule has 6 nitrogen and oxygen atoms in total. The molecule has 0 bridgehead atoms. The summed E-state index contributed by atoms with van der Waals surface area (Å²) in [5, 5.41) is 3.16. The number of carbonyl (C=O) groups excluding carboxylic acids is 1. The van der Waals surface area contributed by atoms with Crippen LogP contribution in [0.3, 0.4) is 0 Å². The number of anilines is 1. The molecular weight excluding hydrogens is 316 g/mol. The predicted molar refractivity (Wildman–Crippen MR) is 98.8 cm³/mol. The van der Waals surface area contributed by atoms with Gasteiger partial charge in [0.1, 0.15) is 11.4 Å². The first-order valence-electron chi connectivity index (χ1n) is 8.67. The molecule has 0 saturated carbocycles. The molecule has 1 amide bonds. The van der Waals surface area contributed by atoms with Crippen molar-refractivity contribution in [2.75, 3.05) is 25.5 Å². The molecule has 1 heterocycles. The zero-order valence-corrected chi connectivity index (χ0v) is 15.2. The van der Waals surface area contributed by atoms with Gasteiger partial charge in [-0.1, -0.05) is 32.0 Å². The number of rotatable bonds is 9. The number of amides is 1. The van der Waals surface area contributed by atoms with Gasteiger partial charge in [0, 0.05) is 31.4 Å². The van der Waals surface area contributed by atoms with Crippen molar-refractivity contribution >= 4 is 11.9 Å². The van der Waals surface area contributed by atoms with E-state index in [9.17, 15) is 4.79 Å². The molecule has 1 aromatic carbocycles. The maximum Gasteiger partial charge on any atom is 0.272 e. The predicted octanol–water partition coefficient (Wildman–Crippen LogP) is 3.36. The third-order valence-corrected chi connectivity index (χ3v) is 3.78. The van der Waals surface area contributed by atoms with Gasteiger partial charge in [0.15, 0.2) is 0 Å². The minimum absolute atomic E-state index is 0.0496. The van der Waals surface area contributed by atoms with Crippen LogP contribution >= 0.6 is 0 Å². The van der Waals surface area contributed by atoms with Crippen LogP contribution in [0.5, 0.6) is 5.75 Å². The van der Waals surface area contributed by atoms with Crippen molar-refractivity contribution < 1.29 is 9.53 Å². The van der Waals surface area contributed by atoms with Crippen molar-refractivity contribution in [2.24, 2.45) is 0 Å². The summed E-state index contributed by atoms with van der Waals surface area (Å²) in [6.07, 6.45) is 3.46. The number of para-hydroxylation sites is 1. The quantitative estimate of drug-likeness (QED) is 0.757. The fraction of sp³-hybridized carbons (Fsp3) is 0.421. The molecule has 0 aliphatic heterocycles. The number of aromatic nitrogens is 2. The lowest BCUT2D eigenvalue weighted by Gasteiger charge is -2.21. The summed E-state index contributed by atoms with van der Waals surface area (Å²) in [6, 6.07) is 9.42. The maximum absolute atomic E-state index is 12.6. The van der Waals surface area contributed by atoms with E-state index in [4.69, 9.17) is 4.74 Å². The van der Waals surface area contributed by atoms with Crippen molar-refractivity contribution in [3.63, 3.8) is 0 Å². The van der Waals surface area contributed by atoms with Crippen molar-refractivity contribution in [3.8, 4) is 5.75 Å². The van der Waals surface area contributed by atoms with E-state index in [1.54, 1.807) is 19.4 Å². The first-order chi connectivity index (χ1) is 12.2. The molecule has 6 heteroatoms. The lowest BCUT2D eigenvalue weighted by atomic mass is 10.2. The summed E-state index contributed by atoms with van der Waals surface area (Å²) < 4.78 is 5.34. The largest absolute Gasteiger partial charge is 0.496 e. The fourth-order valence-electron chi connectivity index (χ4n) is 2.60. The lowest BCUT2D eigenvalue weighted by Crippen LogP contribution is -2.33. The first-order valence-corrected chi connectivity index (χ1v) is 8.67. The molecule has 2 rings (SSSR count). The number of carbonyl (C=O) groups is 1. The molecular formula is C19H26N4O2. The van der Waals surface area contributed by atoms with E-state index in [-0.39, 0.29) is 5.91 Å². The molecule has 0 saturated heterocycles. The second kappa shape index (κ2) is 9.61. The summed E-state index contributed by atoms with van der Waals surface area (Å²) in [6.45, 7) is 6.13. The standard InChI is InChI=1S/C19H26N4O2/c1-4-12-23(13-5-2)18(24)16-10-11-20-19(22-16)21-14-15-8-6-7-9-17(15)25-3/h6-11H,4-5,12-14H2,1-3H3,(H,20,21,22). The molecule has 2 aromatic rings. The van der Waals surface area contributed by atoms with Gasteiger partial charge in [0.05, 0.1) is 7.11 Å². The first kappa shape index (κ1) is 18.7. The van der Waals surface area contributed by atoms with E-state index in [2.05, 4.69) is 29.1 Å². The Morgan fingerprint density at radius 1 is 1.16 bits per heavy atom. The van der Waals surface area contributed by atoms with Gasteiger partial charge in [0.25, 0.3) is 5.91 Å². The average molecular weight is 342 g/mol. The van der Waals surface area contributed by atoms with Gasteiger partial charge in [-0.2, -0.15) is 0 Å². The number of ether oxygens (including phenoxy) is 1. The van der Waals surface area contributed by atoms with Crippen LogP contribution in [0.15, 0.2) is 36.5 Å². The van der Waals surface area contributed by atoms with Gasteiger partial charge < -0.3 is 15.0 Å². The van der Waals surface area contributed by atoms with Crippen LogP contribution in [0.2, 0.25) is 0 Å². The van der Waals surface area contributed by atoms with Crippen LogP contribution in [0.1, 0.15) is 42.7 Å². The molecule has 0 spiro atoms. The summed E-state index contributed by atoms with van der Waals surface area (Å²) >= 11 is 0. The number of hydrogen-bond acceptors (Lipinski definition) is 5. The Bertz CT molecular complexity index is 685. The highest BCUT2D eigenvalue weighted by Crippen LogP contribution is 2.18. The minimum Gasteiger partial charge on any atom is -0.496 e. The van der Waals surface area contributed by atoms with E-state index in [0.717, 1.165) is 37.2 Å². The number of benzene rings is 1. The second-order valence-corrected chi connectivity index (χ2v) is 5.72. The van der Waals surface area contributed by atoms with Gasteiger partial charge in [-0.05, 0) is 25.0 Å². The van der Waals surface area contributed by atoms with Gasteiger partial charge in [0.2, 0.25) is 5.95 Å². The van der Waals surface area contributed by atoms with Crippen LogP contribution in [-0.2, 0) is 6.54 Å². The van der Waals surface area contributed by atoms with Gasteiger partial charge in [-0.25, -0.2) is 9.97 Å². The van der Waals surface area contributed by atoms with Crippen LogP contribution in [-0.4, -0.2) is 41.0 Å². The molecule has 0 aliphatic carbocycles. The maximum atomic E-state index is 12.6. The monoisotopic (exact) mass is 342 g/mol. The molecule has 1 N–H and O–H groups in total. The summed E-state index contributed by atoms with van der Waals surface area (Å²) in [5.41, 5.74) is 1.42. The van der Waals surface area contributed by atoms with Crippen molar-refractivity contribution in [1.29, 1.82) is 0 Å². The summed E-state index contributed by atoms with van der Waals surface area (Å²) in [4.78, 5) is 23.1. The lowest BCUT2D eigenvalue weighted by molar-refractivity contribution is 0.0749. The van der Waals surface area contributed by atoms with Crippen LogP contribution in [0.4, 0.5) is 5.95 Å². The highest BCUT2D eigenvalue weighted by molar-refractivity contribution is 5.92. The van der Waals surface area contributed by atoms with Crippen LogP contribution < -0.4 is 10.1 Å². The normalized spacial score (nSPS) is 10.4. The SMILES string of the molecule is CCCN(CCC)C(=O)c1ccnc(NCc2ccccc2OC)n1.